The van der Waals surface area contributed by atoms with Crippen LogP contribution in [0.2, 0.25) is 0 Å². The zero-order valence-corrected chi connectivity index (χ0v) is 11.7. The number of hydrogen-bond donors (Lipinski definition) is 2. The van der Waals surface area contributed by atoms with E-state index in [0.717, 1.165) is 12.0 Å². The smallest absolute Gasteiger partial charge is 0.312 e. The lowest BCUT2D eigenvalue weighted by Crippen LogP contribution is -2.44. The van der Waals surface area contributed by atoms with E-state index in [2.05, 4.69) is 5.32 Å². The number of benzene rings is 1. The summed E-state index contributed by atoms with van der Waals surface area (Å²) in [6.07, 6.45) is 0.833. The number of aliphatic carboxylic acids is 1. The van der Waals surface area contributed by atoms with Crippen LogP contribution in [0, 0.1) is 0 Å². The summed E-state index contributed by atoms with van der Waals surface area (Å²) < 4.78 is 10.9. The first-order valence-corrected chi connectivity index (χ1v) is 6.78. The number of nitrogens with one attached hydrogen (secondary N) is 1. The van der Waals surface area contributed by atoms with Crippen molar-refractivity contribution in [2.75, 3.05) is 33.4 Å². The zero-order chi connectivity index (χ0) is 14.4. The molecule has 2 N–H and O–H groups in total. The van der Waals surface area contributed by atoms with E-state index < -0.39 is 11.9 Å². The first-order chi connectivity index (χ1) is 9.67. The Kier molecular flexibility index (Phi) is 5.11. The predicted octanol–water partition coefficient (Wildman–Crippen LogP) is 1.25. The molecule has 1 aliphatic rings. The highest BCUT2D eigenvalue weighted by Gasteiger charge is 2.34. The number of carbonyl (C=O) groups is 1. The topological polar surface area (TPSA) is 67.8 Å². The summed E-state index contributed by atoms with van der Waals surface area (Å²) in [4.78, 5) is 11.4. The molecule has 2 unspecified atom stereocenters. The molecule has 2 rings (SSSR count). The van der Waals surface area contributed by atoms with Crippen LogP contribution in [-0.2, 0) is 14.3 Å². The molecule has 2 atom stereocenters. The SMILES string of the molecule is COC1(CNCC(C(=O)O)c2ccccc2)CCOC1. The summed E-state index contributed by atoms with van der Waals surface area (Å²) in [7, 11) is 1.67. The maximum absolute atomic E-state index is 11.4. The Hall–Kier alpha value is -1.43. The quantitative estimate of drug-likeness (QED) is 0.786. The van der Waals surface area contributed by atoms with Crippen LogP contribution in [0.1, 0.15) is 17.9 Å². The fraction of sp³-hybridized carbons (Fsp3) is 0.533. The molecule has 1 aliphatic heterocycles. The van der Waals surface area contributed by atoms with E-state index in [4.69, 9.17) is 9.47 Å². The van der Waals surface area contributed by atoms with Crippen molar-refractivity contribution in [3.8, 4) is 0 Å². The van der Waals surface area contributed by atoms with Gasteiger partial charge in [0.1, 0.15) is 5.60 Å². The van der Waals surface area contributed by atoms with E-state index >= 15 is 0 Å². The molecule has 0 spiro atoms. The van der Waals surface area contributed by atoms with Crippen molar-refractivity contribution in [2.45, 2.75) is 17.9 Å². The number of hydrogen-bond acceptors (Lipinski definition) is 4. The molecule has 5 heteroatoms. The van der Waals surface area contributed by atoms with Crippen LogP contribution in [0.3, 0.4) is 0 Å². The van der Waals surface area contributed by atoms with Crippen molar-refractivity contribution < 1.29 is 19.4 Å². The zero-order valence-electron chi connectivity index (χ0n) is 11.7. The van der Waals surface area contributed by atoms with Gasteiger partial charge in [-0.05, 0) is 5.56 Å². The van der Waals surface area contributed by atoms with Crippen molar-refractivity contribution in [3.05, 3.63) is 35.9 Å². The molecular weight excluding hydrogens is 258 g/mol. The third kappa shape index (κ3) is 3.56. The predicted molar refractivity (Wildman–Crippen MR) is 74.9 cm³/mol. The van der Waals surface area contributed by atoms with Crippen LogP contribution in [0.4, 0.5) is 0 Å². The van der Waals surface area contributed by atoms with Crippen LogP contribution in [0.15, 0.2) is 30.3 Å². The highest BCUT2D eigenvalue weighted by Crippen LogP contribution is 2.22. The van der Waals surface area contributed by atoms with E-state index in [1.807, 2.05) is 30.3 Å². The Morgan fingerprint density at radius 2 is 2.25 bits per heavy atom. The van der Waals surface area contributed by atoms with Gasteiger partial charge in [-0.1, -0.05) is 30.3 Å². The van der Waals surface area contributed by atoms with Crippen molar-refractivity contribution in [1.82, 2.24) is 5.32 Å². The maximum Gasteiger partial charge on any atom is 0.312 e. The lowest BCUT2D eigenvalue weighted by atomic mass is 9.98. The Bertz CT molecular complexity index is 429. The lowest BCUT2D eigenvalue weighted by Gasteiger charge is -2.26. The molecular formula is C15H21NO4. The summed E-state index contributed by atoms with van der Waals surface area (Å²) in [6, 6.07) is 9.27. The minimum atomic E-state index is -0.821. The molecule has 1 heterocycles. The Labute approximate surface area is 118 Å². The van der Waals surface area contributed by atoms with Gasteiger partial charge in [0, 0.05) is 33.2 Å². The number of carboxylic acids is 1. The molecule has 1 fully saturated rings. The average Bonchev–Trinajstić information content (AvgIpc) is 2.93. The highest BCUT2D eigenvalue weighted by atomic mass is 16.5. The Morgan fingerprint density at radius 3 is 2.80 bits per heavy atom. The van der Waals surface area contributed by atoms with Gasteiger partial charge >= 0.3 is 5.97 Å². The van der Waals surface area contributed by atoms with Gasteiger partial charge in [0.25, 0.3) is 0 Å². The summed E-state index contributed by atoms with van der Waals surface area (Å²) >= 11 is 0. The summed E-state index contributed by atoms with van der Waals surface area (Å²) in [5, 5.41) is 12.6. The minimum absolute atomic E-state index is 0.320. The monoisotopic (exact) mass is 279 g/mol. The molecule has 5 nitrogen and oxygen atoms in total. The molecule has 20 heavy (non-hydrogen) atoms. The second kappa shape index (κ2) is 6.83. The normalized spacial score (nSPS) is 23.6. The Morgan fingerprint density at radius 1 is 1.50 bits per heavy atom. The molecule has 0 aliphatic carbocycles. The van der Waals surface area contributed by atoms with Gasteiger partial charge in [-0.3, -0.25) is 4.79 Å². The minimum Gasteiger partial charge on any atom is -0.481 e. The lowest BCUT2D eigenvalue weighted by molar-refractivity contribution is -0.138. The molecule has 110 valence electrons. The summed E-state index contributed by atoms with van der Waals surface area (Å²) in [5.41, 5.74) is 0.487. The largest absolute Gasteiger partial charge is 0.481 e. The third-order valence-electron chi connectivity index (χ3n) is 3.80. The molecule has 0 aromatic heterocycles. The van der Waals surface area contributed by atoms with Gasteiger partial charge in [0.05, 0.1) is 12.5 Å². The van der Waals surface area contributed by atoms with Gasteiger partial charge in [0.15, 0.2) is 0 Å². The van der Waals surface area contributed by atoms with Gasteiger partial charge in [0.2, 0.25) is 0 Å². The molecule has 0 bridgehead atoms. The molecule has 0 saturated carbocycles. The van der Waals surface area contributed by atoms with Crippen molar-refractivity contribution in [3.63, 3.8) is 0 Å². The Balaban J connectivity index is 1.92. The molecule has 1 aromatic carbocycles. The van der Waals surface area contributed by atoms with E-state index in [0.29, 0.717) is 26.3 Å². The van der Waals surface area contributed by atoms with Gasteiger partial charge in [-0.15, -0.1) is 0 Å². The van der Waals surface area contributed by atoms with Crippen LogP contribution in [-0.4, -0.2) is 50.1 Å². The fourth-order valence-electron chi connectivity index (χ4n) is 2.44. The molecule has 0 amide bonds. The van der Waals surface area contributed by atoms with E-state index in [1.165, 1.54) is 0 Å². The first kappa shape index (κ1) is 15.0. The van der Waals surface area contributed by atoms with E-state index in [-0.39, 0.29) is 5.60 Å². The van der Waals surface area contributed by atoms with Crippen LogP contribution in [0.25, 0.3) is 0 Å². The van der Waals surface area contributed by atoms with Crippen molar-refractivity contribution >= 4 is 5.97 Å². The van der Waals surface area contributed by atoms with Crippen LogP contribution < -0.4 is 5.32 Å². The standard InChI is InChI=1S/C15H21NO4/c1-19-15(7-8-20-11-15)10-16-9-13(14(17)18)12-5-3-2-4-6-12/h2-6,13,16H,7-11H2,1H3,(H,17,18). The number of carboxylic acid groups (broad SMARTS) is 1. The van der Waals surface area contributed by atoms with Crippen LogP contribution in [0.5, 0.6) is 0 Å². The summed E-state index contributed by atoms with van der Waals surface area (Å²) in [6.45, 7) is 2.22. The second-order valence-electron chi connectivity index (χ2n) is 5.12. The maximum atomic E-state index is 11.4. The molecule has 0 radical (unpaired) electrons. The van der Waals surface area contributed by atoms with Gasteiger partial charge in [-0.2, -0.15) is 0 Å². The summed E-state index contributed by atoms with van der Waals surface area (Å²) in [5.74, 6) is -1.37. The van der Waals surface area contributed by atoms with Crippen molar-refractivity contribution in [1.29, 1.82) is 0 Å². The fourth-order valence-corrected chi connectivity index (χ4v) is 2.44. The molecule has 1 aromatic rings. The van der Waals surface area contributed by atoms with Gasteiger partial charge < -0.3 is 19.9 Å². The van der Waals surface area contributed by atoms with Crippen LogP contribution >= 0.6 is 0 Å². The molecule has 1 saturated heterocycles. The van der Waals surface area contributed by atoms with Gasteiger partial charge in [-0.25, -0.2) is 0 Å². The van der Waals surface area contributed by atoms with E-state index in [9.17, 15) is 9.90 Å². The first-order valence-electron chi connectivity index (χ1n) is 6.78. The number of ether oxygens (including phenoxy) is 2. The van der Waals surface area contributed by atoms with Crippen molar-refractivity contribution in [2.24, 2.45) is 0 Å². The highest BCUT2D eigenvalue weighted by molar-refractivity contribution is 5.76. The van der Waals surface area contributed by atoms with E-state index in [1.54, 1.807) is 7.11 Å². The number of methoxy groups -OCH3 is 1. The number of rotatable bonds is 7. The average molecular weight is 279 g/mol. The second-order valence-corrected chi connectivity index (χ2v) is 5.12. The third-order valence-corrected chi connectivity index (χ3v) is 3.80.